The second-order valence-corrected chi connectivity index (χ2v) is 4.41. The number of hydrogen-bond acceptors (Lipinski definition) is 3. The lowest BCUT2D eigenvalue weighted by Crippen LogP contribution is -2.12. The molecule has 2 aromatic rings. The fourth-order valence-electron chi connectivity index (χ4n) is 1.72. The average molecular weight is 288 g/mol. The van der Waals surface area contributed by atoms with Crippen LogP contribution in [0.2, 0.25) is 0 Å². The molecular formula is C15H13FN2O3. The highest BCUT2D eigenvalue weighted by Gasteiger charge is 2.07. The molecule has 0 bridgehead atoms. The standard InChI is InChI=1S/C15H13FN2O3/c16-13-7-4-11(9-17-13)15(21)18-12-5-1-10(2-6-12)3-8-14(19)20/h1-2,4-7,9H,3,8H2,(H,18,21)(H,19,20). The first-order valence-electron chi connectivity index (χ1n) is 6.28. The molecule has 21 heavy (non-hydrogen) atoms. The van der Waals surface area contributed by atoms with E-state index < -0.39 is 11.9 Å². The molecule has 2 rings (SSSR count). The number of carbonyl (C=O) groups is 2. The van der Waals surface area contributed by atoms with Crippen LogP contribution in [0.4, 0.5) is 10.1 Å². The Bertz CT molecular complexity index is 639. The number of nitrogens with zero attached hydrogens (tertiary/aromatic N) is 1. The fourth-order valence-corrected chi connectivity index (χ4v) is 1.72. The first kappa shape index (κ1) is 14.6. The van der Waals surface area contributed by atoms with E-state index in [1.807, 2.05) is 0 Å². The summed E-state index contributed by atoms with van der Waals surface area (Å²) in [7, 11) is 0. The van der Waals surface area contributed by atoms with Crippen molar-refractivity contribution >= 4 is 17.6 Å². The molecule has 0 aliphatic rings. The van der Waals surface area contributed by atoms with Gasteiger partial charge < -0.3 is 10.4 Å². The number of rotatable bonds is 5. The Labute approximate surface area is 120 Å². The van der Waals surface area contributed by atoms with Gasteiger partial charge in [0, 0.05) is 18.3 Å². The maximum Gasteiger partial charge on any atom is 0.303 e. The number of aromatic nitrogens is 1. The molecule has 0 atom stereocenters. The van der Waals surface area contributed by atoms with Gasteiger partial charge in [0.25, 0.3) is 5.91 Å². The Kier molecular flexibility index (Phi) is 4.61. The Morgan fingerprint density at radius 3 is 2.43 bits per heavy atom. The molecule has 0 fully saturated rings. The monoisotopic (exact) mass is 288 g/mol. The second kappa shape index (κ2) is 6.60. The quantitative estimate of drug-likeness (QED) is 0.828. The molecule has 5 nitrogen and oxygen atoms in total. The van der Waals surface area contributed by atoms with Crippen molar-refractivity contribution in [3.05, 3.63) is 59.7 Å². The third kappa shape index (κ3) is 4.38. The zero-order valence-electron chi connectivity index (χ0n) is 11.0. The fraction of sp³-hybridized carbons (Fsp3) is 0.133. The lowest BCUT2D eigenvalue weighted by Gasteiger charge is -2.06. The van der Waals surface area contributed by atoms with E-state index in [0.717, 1.165) is 17.8 Å². The number of benzene rings is 1. The molecule has 2 N–H and O–H groups in total. The zero-order valence-corrected chi connectivity index (χ0v) is 11.0. The Morgan fingerprint density at radius 2 is 1.86 bits per heavy atom. The number of pyridine rings is 1. The van der Waals surface area contributed by atoms with E-state index >= 15 is 0 Å². The third-order valence-corrected chi connectivity index (χ3v) is 2.83. The predicted octanol–water partition coefficient (Wildman–Crippen LogP) is 2.49. The van der Waals surface area contributed by atoms with E-state index in [9.17, 15) is 14.0 Å². The Morgan fingerprint density at radius 1 is 1.14 bits per heavy atom. The highest BCUT2D eigenvalue weighted by atomic mass is 19.1. The molecule has 0 spiro atoms. The molecule has 0 saturated heterocycles. The van der Waals surface area contributed by atoms with Crippen molar-refractivity contribution in [2.24, 2.45) is 0 Å². The van der Waals surface area contributed by atoms with Gasteiger partial charge in [0.05, 0.1) is 5.56 Å². The minimum atomic E-state index is -0.851. The summed E-state index contributed by atoms with van der Waals surface area (Å²) >= 11 is 0. The van der Waals surface area contributed by atoms with Gasteiger partial charge in [-0.3, -0.25) is 9.59 Å². The first-order valence-corrected chi connectivity index (χ1v) is 6.28. The van der Waals surface area contributed by atoms with Gasteiger partial charge in [0.1, 0.15) is 0 Å². The molecular weight excluding hydrogens is 275 g/mol. The average Bonchev–Trinajstić information content (AvgIpc) is 2.47. The van der Waals surface area contributed by atoms with Crippen LogP contribution in [0, 0.1) is 5.95 Å². The van der Waals surface area contributed by atoms with Gasteiger partial charge in [-0.05, 0) is 36.2 Å². The largest absolute Gasteiger partial charge is 0.481 e. The number of hydrogen-bond donors (Lipinski definition) is 2. The minimum Gasteiger partial charge on any atom is -0.481 e. The maximum atomic E-state index is 12.7. The van der Waals surface area contributed by atoms with Gasteiger partial charge in [-0.25, -0.2) is 4.98 Å². The van der Waals surface area contributed by atoms with E-state index in [1.54, 1.807) is 24.3 Å². The summed E-state index contributed by atoms with van der Waals surface area (Å²) < 4.78 is 12.7. The number of halogens is 1. The molecule has 0 radical (unpaired) electrons. The minimum absolute atomic E-state index is 0.0625. The van der Waals surface area contributed by atoms with Crippen LogP contribution in [-0.4, -0.2) is 22.0 Å². The summed E-state index contributed by atoms with van der Waals surface area (Å²) in [6.45, 7) is 0. The number of amides is 1. The molecule has 1 aromatic carbocycles. The van der Waals surface area contributed by atoms with Gasteiger partial charge in [0.15, 0.2) is 0 Å². The summed E-state index contributed by atoms with van der Waals surface area (Å²) in [5.41, 5.74) is 1.70. The number of aliphatic carboxylic acids is 1. The summed E-state index contributed by atoms with van der Waals surface area (Å²) in [4.78, 5) is 25.8. The SMILES string of the molecule is O=C(O)CCc1ccc(NC(=O)c2ccc(F)nc2)cc1. The smallest absolute Gasteiger partial charge is 0.303 e. The van der Waals surface area contributed by atoms with Gasteiger partial charge in [-0.1, -0.05) is 12.1 Å². The second-order valence-electron chi connectivity index (χ2n) is 4.41. The van der Waals surface area contributed by atoms with Crippen molar-refractivity contribution in [1.29, 1.82) is 0 Å². The van der Waals surface area contributed by atoms with Crippen LogP contribution in [0.1, 0.15) is 22.3 Å². The van der Waals surface area contributed by atoms with E-state index in [1.165, 1.54) is 6.07 Å². The molecule has 108 valence electrons. The van der Waals surface area contributed by atoms with Crippen molar-refractivity contribution in [1.82, 2.24) is 4.98 Å². The zero-order chi connectivity index (χ0) is 15.2. The molecule has 0 saturated carbocycles. The normalized spacial score (nSPS) is 10.1. The molecule has 0 aliphatic carbocycles. The van der Waals surface area contributed by atoms with Crippen LogP contribution in [0.3, 0.4) is 0 Å². The van der Waals surface area contributed by atoms with Crippen LogP contribution >= 0.6 is 0 Å². The number of nitrogens with one attached hydrogen (secondary N) is 1. The van der Waals surface area contributed by atoms with Crippen LogP contribution in [0.15, 0.2) is 42.6 Å². The van der Waals surface area contributed by atoms with Gasteiger partial charge in [-0.15, -0.1) is 0 Å². The topological polar surface area (TPSA) is 79.3 Å². The van der Waals surface area contributed by atoms with Crippen molar-refractivity contribution in [2.45, 2.75) is 12.8 Å². The van der Waals surface area contributed by atoms with Crippen LogP contribution < -0.4 is 5.32 Å². The lowest BCUT2D eigenvalue weighted by molar-refractivity contribution is -0.136. The third-order valence-electron chi connectivity index (χ3n) is 2.83. The molecule has 6 heteroatoms. The van der Waals surface area contributed by atoms with Crippen LogP contribution in [0.5, 0.6) is 0 Å². The lowest BCUT2D eigenvalue weighted by atomic mass is 10.1. The predicted molar refractivity (Wildman–Crippen MR) is 74.5 cm³/mol. The summed E-state index contributed by atoms with van der Waals surface area (Å²) in [5, 5.41) is 11.3. The molecule has 1 aromatic heterocycles. The molecule has 1 amide bonds. The van der Waals surface area contributed by atoms with E-state index in [4.69, 9.17) is 5.11 Å². The maximum absolute atomic E-state index is 12.7. The number of carboxylic acid groups (broad SMARTS) is 1. The van der Waals surface area contributed by atoms with Gasteiger partial charge >= 0.3 is 5.97 Å². The Balaban J connectivity index is 1.98. The van der Waals surface area contributed by atoms with E-state index in [-0.39, 0.29) is 17.9 Å². The van der Waals surface area contributed by atoms with Crippen molar-refractivity contribution in [3.8, 4) is 0 Å². The van der Waals surface area contributed by atoms with Gasteiger partial charge in [-0.2, -0.15) is 4.39 Å². The number of carboxylic acids is 1. The first-order chi connectivity index (χ1) is 10.0. The number of aryl methyl sites for hydroxylation is 1. The highest BCUT2D eigenvalue weighted by Crippen LogP contribution is 2.12. The van der Waals surface area contributed by atoms with E-state index in [0.29, 0.717) is 12.1 Å². The number of anilines is 1. The molecule has 1 heterocycles. The molecule has 0 aliphatic heterocycles. The summed E-state index contributed by atoms with van der Waals surface area (Å²) in [5.74, 6) is -1.88. The summed E-state index contributed by atoms with van der Waals surface area (Å²) in [6.07, 6.45) is 1.66. The number of carbonyl (C=O) groups excluding carboxylic acids is 1. The van der Waals surface area contributed by atoms with Crippen molar-refractivity contribution in [2.75, 3.05) is 5.32 Å². The van der Waals surface area contributed by atoms with Gasteiger partial charge in [0.2, 0.25) is 5.95 Å². The van der Waals surface area contributed by atoms with Crippen molar-refractivity contribution in [3.63, 3.8) is 0 Å². The Hall–Kier alpha value is -2.76. The van der Waals surface area contributed by atoms with E-state index in [2.05, 4.69) is 10.3 Å². The van der Waals surface area contributed by atoms with Crippen LogP contribution in [-0.2, 0) is 11.2 Å². The van der Waals surface area contributed by atoms with Crippen LogP contribution in [0.25, 0.3) is 0 Å². The summed E-state index contributed by atoms with van der Waals surface area (Å²) in [6, 6.07) is 9.34. The highest BCUT2D eigenvalue weighted by molar-refractivity contribution is 6.04. The van der Waals surface area contributed by atoms with Crippen molar-refractivity contribution < 1.29 is 19.1 Å². The molecule has 0 unspecified atom stereocenters.